The van der Waals surface area contributed by atoms with Crippen LogP contribution in [0, 0.1) is 0 Å². The number of aromatic nitrogens is 3. The Kier molecular flexibility index (Phi) is 3.89. The van der Waals surface area contributed by atoms with E-state index in [0.717, 1.165) is 32.5 Å². The summed E-state index contributed by atoms with van der Waals surface area (Å²) in [6, 6.07) is 1.83. The van der Waals surface area contributed by atoms with E-state index in [1.54, 1.807) is 23.0 Å². The highest BCUT2D eigenvalue weighted by Crippen LogP contribution is 2.13. The molecule has 0 bridgehead atoms. The predicted molar refractivity (Wildman–Crippen MR) is 86.5 cm³/mol. The first-order valence-corrected chi connectivity index (χ1v) is 8.30. The third-order valence-electron chi connectivity index (χ3n) is 4.70. The quantitative estimate of drug-likeness (QED) is 0.838. The molecule has 1 N–H and O–H groups in total. The molecule has 8 heteroatoms. The number of amides is 2. The second-order valence-electron chi connectivity index (χ2n) is 6.37. The zero-order valence-electron chi connectivity index (χ0n) is 13.4. The standard InChI is InChI=1S/C16H20N6O2/c23-14(21-5-2-6-21)11-20-8-3-12(10-20)19-16(24)13-9-18-22-7-1-4-17-15(13)22/h1,4,7,9,12H,2-3,5-6,8,10-11H2,(H,19,24)/t12-/m0/s1. The first kappa shape index (κ1) is 15.1. The lowest BCUT2D eigenvalue weighted by Crippen LogP contribution is -2.47. The second-order valence-corrected chi connectivity index (χ2v) is 6.37. The minimum absolute atomic E-state index is 0.0559. The highest BCUT2D eigenvalue weighted by atomic mass is 16.2. The maximum Gasteiger partial charge on any atom is 0.257 e. The summed E-state index contributed by atoms with van der Waals surface area (Å²) in [7, 11) is 0. The molecule has 2 aliphatic rings. The van der Waals surface area contributed by atoms with Gasteiger partial charge in [0.2, 0.25) is 5.91 Å². The number of likely N-dealkylation sites (tertiary alicyclic amines) is 2. The maximum atomic E-state index is 12.5. The maximum absolute atomic E-state index is 12.5. The molecule has 2 amide bonds. The van der Waals surface area contributed by atoms with Gasteiger partial charge in [0.1, 0.15) is 5.56 Å². The van der Waals surface area contributed by atoms with Crippen LogP contribution in [0.4, 0.5) is 0 Å². The third-order valence-corrected chi connectivity index (χ3v) is 4.70. The normalized spacial score (nSPS) is 21.0. The average Bonchev–Trinajstić information content (AvgIpc) is 3.12. The zero-order chi connectivity index (χ0) is 16.5. The molecule has 8 nitrogen and oxygen atoms in total. The molecule has 2 aromatic heterocycles. The van der Waals surface area contributed by atoms with Crippen LogP contribution in [-0.2, 0) is 4.79 Å². The van der Waals surface area contributed by atoms with Gasteiger partial charge in [-0.2, -0.15) is 5.10 Å². The van der Waals surface area contributed by atoms with E-state index in [-0.39, 0.29) is 17.9 Å². The molecule has 2 fully saturated rings. The van der Waals surface area contributed by atoms with Crippen LogP contribution >= 0.6 is 0 Å². The van der Waals surface area contributed by atoms with Crippen molar-refractivity contribution in [2.45, 2.75) is 18.9 Å². The van der Waals surface area contributed by atoms with E-state index in [0.29, 0.717) is 24.3 Å². The number of rotatable bonds is 4. The lowest BCUT2D eigenvalue weighted by molar-refractivity contribution is -0.135. The van der Waals surface area contributed by atoms with Crippen molar-refractivity contribution in [3.63, 3.8) is 0 Å². The van der Waals surface area contributed by atoms with Gasteiger partial charge < -0.3 is 10.2 Å². The molecule has 2 saturated heterocycles. The van der Waals surface area contributed by atoms with Gasteiger partial charge in [-0.05, 0) is 18.9 Å². The SMILES string of the molecule is O=C(N[C@H]1CCN(CC(=O)N2CCC2)C1)c1cnn2cccnc12. The van der Waals surface area contributed by atoms with Gasteiger partial charge in [0.25, 0.3) is 5.91 Å². The Morgan fingerprint density at radius 1 is 1.29 bits per heavy atom. The average molecular weight is 328 g/mol. The van der Waals surface area contributed by atoms with Gasteiger partial charge in [0, 0.05) is 44.6 Å². The largest absolute Gasteiger partial charge is 0.348 e. The number of fused-ring (bicyclic) bond motifs is 1. The van der Waals surface area contributed by atoms with Crippen molar-refractivity contribution in [3.05, 3.63) is 30.2 Å². The van der Waals surface area contributed by atoms with Gasteiger partial charge >= 0.3 is 0 Å². The fourth-order valence-electron chi connectivity index (χ4n) is 3.20. The number of hydrogen-bond donors (Lipinski definition) is 1. The summed E-state index contributed by atoms with van der Waals surface area (Å²) in [4.78, 5) is 32.7. The van der Waals surface area contributed by atoms with Crippen LogP contribution in [0.3, 0.4) is 0 Å². The van der Waals surface area contributed by atoms with Crippen molar-refractivity contribution in [1.29, 1.82) is 0 Å². The van der Waals surface area contributed by atoms with Gasteiger partial charge in [-0.15, -0.1) is 0 Å². The van der Waals surface area contributed by atoms with Crippen molar-refractivity contribution in [2.24, 2.45) is 0 Å². The predicted octanol–water partition coefficient (Wildman–Crippen LogP) is -0.234. The van der Waals surface area contributed by atoms with E-state index >= 15 is 0 Å². The number of carbonyl (C=O) groups is 2. The minimum Gasteiger partial charge on any atom is -0.348 e. The molecule has 0 unspecified atom stereocenters. The number of nitrogens with zero attached hydrogens (tertiary/aromatic N) is 5. The van der Waals surface area contributed by atoms with E-state index in [1.807, 2.05) is 4.90 Å². The number of carbonyl (C=O) groups excluding carboxylic acids is 2. The van der Waals surface area contributed by atoms with Crippen LogP contribution in [0.1, 0.15) is 23.2 Å². The molecule has 4 heterocycles. The minimum atomic E-state index is -0.162. The Morgan fingerprint density at radius 2 is 2.17 bits per heavy atom. The van der Waals surface area contributed by atoms with Crippen LogP contribution < -0.4 is 5.32 Å². The van der Waals surface area contributed by atoms with Gasteiger partial charge in [-0.1, -0.05) is 0 Å². The second kappa shape index (κ2) is 6.20. The third kappa shape index (κ3) is 2.84. The Hall–Kier alpha value is -2.48. The Labute approximate surface area is 139 Å². The molecule has 4 rings (SSSR count). The van der Waals surface area contributed by atoms with Crippen LogP contribution in [0.15, 0.2) is 24.7 Å². The zero-order valence-corrected chi connectivity index (χ0v) is 13.4. The lowest BCUT2D eigenvalue weighted by atomic mass is 10.2. The van der Waals surface area contributed by atoms with Crippen molar-refractivity contribution < 1.29 is 9.59 Å². The summed E-state index contributed by atoms with van der Waals surface area (Å²) in [5, 5.41) is 7.17. The van der Waals surface area contributed by atoms with E-state index in [4.69, 9.17) is 0 Å². The molecule has 0 radical (unpaired) electrons. The number of nitrogens with one attached hydrogen (secondary N) is 1. The molecule has 0 spiro atoms. The summed E-state index contributed by atoms with van der Waals surface area (Å²) in [6.07, 6.45) is 6.91. The smallest absolute Gasteiger partial charge is 0.257 e. The summed E-state index contributed by atoms with van der Waals surface area (Å²) in [5.74, 6) is 0.0321. The van der Waals surface area contributed by atoms with Crippen LogP contribution in [0.25, 0.3) is 5.65 Å². The van der Waals surface area contributed by atoms with Gasteiger partial charge in [-0.3, -0.25) is 14.5 Å². The molecule has 0 aromatic carbocycles. The van der Waals surface area contributed by atoms with Crippen molar-refractivity contribution in [1.82, 2.24) is 29.7 Å². The van der Waals surface area contributed by atoms with Crippen LogP contribution in [-0.4, -0.2) is 75.0 Å². The topological polar surface area (TPSA) is 82.8 Å². The highest BCUT2D eigenvalue weighted by Gasteiger charge is 2.29. The molecule has 2 aliphatic heterocycles. The first-order valence-electron chi connectivity index (χ1n) is 8.30. The number of hydrogen-bond acceptors (Lipinski definition) is 5. The van der Waals surface area contributed by atoms with Crippen LogP contribution in [0.2, 0.25) is 0 Å². The van der Waals surface area contributed by atoms with E-state index in [1.165, 1.54) is 6.20 Å². The fourth-order valence-corrected chi connectivity index (χ4v) is 3.20. The van der Waals surface area contributed by atoms with E-state index < -0.39 is 0 Å². The summed E-state index contributed by atoms with van der Waals surface area (Å²) >= 11 is 0. The summed E-state index contributed by atoms with van der Waals surface area (Å²) in [6.45, 7) is 3.75. The molecule has 24 heavy (non-hydrogen) atoms. The highest BCUT2D eigenvalue weighted by molar-refractivity contribution is 5.99. The Bertz CT molecular complexity index is 769. The first-order chi connectivity index (χ1) is 11.7. The Balaban J connectivity index is 1.34. The fraction of sp³-hybridized carbons (Fsp3) is 0.500. The van der Waals surface area contributed by atoms with Gasteiger partial charge in [0.15, 0.2) is 5.65 Å². The molecule has 126 valence electrons. The van der Waals surface area contributed by atoms with Crippen molar-refractivity contribution >= 4 is 17.5 Å². The summed E-state index contributed by atoms with van der Waals surface area (Å²) in [5.41, 5.74) is 1.03. The van der Waals surface area contributed by atoms with Crippen LogP contribution in [0.5, 0.6) is 0 Å². The van der Waals surface area contributed by atoms with Gasteiger partial charge in [-0.25, -0.2) is 9.50 Å². The molecule has 1 atom stereocenters. The molecule has 0 saturated carbocycles. The van der Waals surface area contributed by atoms with Crippen molar-refractivity contribution in [3.8, 4) is 0 Å². The molecule has 2 aromatic rings. The molecular formula is C16H20N6O2. The van der Waals surface area contributed by atoms with E-state index in [9.17, 15) is 9.59 Å². The van der Waals surface area contributed by atoms with Gasteiger partial charge in [0.05, 0.1) is 12.7 Å². The molecular weight excluding hydrogens is 308 g/mol. The lowest BCUT2D eigenvalue weighted by Gasteiger charge is -2.32. The monoisotopic (exact) mass is 328 g/mol. The molecule has 0 aliphatic carbocycles. The summed E-state index contributed by atoms with van der Waals surface area (Å²) < 4.78 is 1.58. The Morgan fingerprint density at radius 3 is 2.96 bits per heavy atom. The van der Waals surface area contributed by atoms with E-state index in [2.05, 4.69) is 20.3 Å². The van der Waals surface area contributed by atoms with Crippen molar-refractivity contribution in [2.75, 3.05) is 32.7 Å².